The van der Waals surface area contributed by atoms with Gasteiger partial charge in [0.05, 0.1) is 30.5 Å². The molecule has 0 aliphatic heterocycles. The summed E-state index contributed by atoms with van der Waals surface area (Å²) < 4.78 is 12.5. The van der Waals surface area contributed by atoms with Crippen LogP contribution in [0, 0.1) is 0 Å². The minimum Gasteiger partial charge on any atom is -0.489 e. The van der Waals surface area contributed by atoms with Crippen LogP contribution in [-0.4, -0.2) is 33.3 Å². The van der Waals surface area contributed by atoms with Gasteiger partial charge < -0.3 is 9.47 Å². The van der Waals surface area contributed by atoms with Crippen molar-refractivity contribution in [3.05, 3.63) is 84.7 Å². The summed E-state index contributed by atoms with van der Waals surface area (Å²) in [6.07, 6.45) is -0.0704. The van der Waals surface area contributed by atoms with Crippen molar-refractivity contribution in [1.82, 2.24) is 14.1 Å². The number of H-pyrrole nitrogens is 1. The average molecular weight is 521 g/mol. The molecule has 0 unspecified atom stereocenters. The number of nitrogens with one attached hydrogen (secondary N) is 1. The summed E-state index contributed by atoms with van der Waals surface area (Å²) in [6, 6.07) is 11.7. The van der Waals surface area contributed by atoms with Crippen LogP contribution in [0.2, 0.25) is 10.0 Å². The quantitative estimate of drug-likeness (QED) is 0.478. The second-order valence-corrected chi connectivity index (χ2v) is 9.37. The van der Waals surface area contributed by atoms with E-state index in [2.05, 4.69) is 9.98 Å². The molecule has 3 aromatic rings. The monoisotopic (exact) mass is 520 g/mol. The van der Waals surface area contributed by atoms with Gasteiger partial charge in [-0.15, -0.1) is 0 Å². The Labute approximate surface area is 211 Å². The molecule has 3 rings (SSSR count). The molecule has 1 N–H and O–H groups in total. The number of carbonyl (C=O) groups is 1. The van der Waals surface area contributed by atoms with Crippen LogP contribution in [-0.2, 0) is 21.6 Å². The summed E-state index contributed by atoms with van der Waals surface area (Å²) in [5, 5.41) is 0.861. The lowest BCUT2D eigenvalue weighted by Crippen LogP contribution is -2.58. The molecule has 1 heterocycles. The second kappa shape index (κ2) is 10.5. The molecule has 0 bridgehead atoms. The molecule has 1 aromatic heterocycles. The van der Waals surface area contributed by atoms with Crippen LogP contribution in [0.1, 0.15) is 33.3 Å². The first-order chi connectivity index (χ1) is 16.4. The number of esters is 1. The first-order valence-corrected chi connectivity index (χ1v) is 11.5. The highest BCUT2D eigenvalue weighted by molar-refractivity contribution is 6.32. The normalized spacial score (nSPS) is 12.2. The number of halogens is 2. The van der Waals surface area contributed by atoms with E-state index >= 15 is 0 Å². The van der Waals surface area contributed by atoms with Gasteiger partial charge in [-0.05, 0) is 63.6 Å². The third kappa shape index (κ3) is 5.86. The van der Waals surface area contributed by atoms with Gasteiger partial charge in [0.25, 0.3) is 0 Å². The second-order valence-electron chi connectivity index (χ2n) is 8.53. The van der Waals surface area contributed by atoms with Gasteiger partial charge in [0.2, 0.25) is 5.62 Å². The van der Waals surface area contributed by atoms with Gasteiger partial charge >= 0.3 is 17.3 Å². The van der Waals surface area contributed by atoms with Gasteiger partial charge in [0, 0.05) is 5.02 Å². The van der Waals surface area contributed by atoms with Crippen molar-refractivity contribution in [3.63, 3.8) is 0 Å². The maximum atomic E-state index is 13.5. The average Bonchev–Trinajstić information content (AvgIpc) is 2.78. The van der Waals surface area contributed by atoms with Crippen molar-refractivity contribution in [2.45, 2.75) is 45.9 Å². The fraction of sp³-hybridized carbons (Fsp3) is 0.333. The molecule has 11 heteroatoms. The van der Waals surface area contributed by atoms with Gasteiger partial charge in [0.15, 0.2) is 0 Å². The van der Waals surface area contributed by atoms with Gasteiger partial charge in [-0.1, -0.05) is 35.3 Å². The summed E-state index contributed by atoms with van der Waals surface area (Å²) in [5.41, 5.74) is -2.05. The van der Waals surface area contributed by atoms with Crippen LogP contribution in [0.25, 0.3) is 0 Å². The first kappa shape index (κ1) is 26.3. The van der Waals surface area contributed by atoms with Crippen LogP contribution in [0.5, 0.6) is 5.75 Å². The van der Waals surface area contributed by atoms with Gasteiger partial charge in [-0.2, -0.15) is 0 Å². The van der Waals surface area contributed by atoms with Gasteiger partial charge in [0.1, 0.15) is 11.3 Å². The van der Waals surface area contributed by atoms with Crippen LogP contribution in [0.4, 0.5) is 5.69 Å². The lowest BCUT2D eigenvalue weighted by atomic mass is 10.1. The molecular weight excluding hydrogens is 495 g/mol. The minimum absolute atomic E-state index is 0.0274. The topological polar surface area (TPSA) is 108 Å². The SMILES string of the molecule is COC(=O)C(C)(C)n1c(=O)[nH]/c(=N\c2ccc(OC(C)C)c(Cl)c2)n(Cc2ccc(Cl)cc2)c1=O. The number of carbonyl (C=O) groups excluding carboxylic acids is 1. The summed E-state index contributed by atoms with van der Waals surface area (Å²) in [5.74, 6) is -0.265. The summed E-state index contributed by atoms with van der Waals surface area (Å²) in [6.45, 7) is 6.65. The van der Waals surface area contributed by atoms with Crippen molar-refractivity contribution in [1.29, 1.82) is 0 Å². The van der Waals surface area contributed by atoms with Crippen molar-refractivity contribution in [2.24, 2.45) is 4.99 Å². The number of nitrogens with zero attached hydrogens (tertiary/aromatic N) is 3. The number of rotatable bonds is 7. The Morgan fingerprint density at radius 2 is 1.77 bits per heavy atom. The van der Waals surface area contributed by atoms with Crippen LogP contribution in [0.15, 0.2) is 57.0 Å². The van der Waals surface area contributed by atoms with E-state index in [1.807, 2.05) is 13.8 Å². The predicted octanol–water partition coefficient (Wildman–Crippen LogP) is 3.62. The van der Waals surface area contributed by atoms with E-state index in [9.17, 15) is 14.4 Å². The molecule has 0 saturated carbocycles. The zero-order valence-corrected chi connectivity index (χ0v) is 21.5. The number of hydrogen-bond acceptors (Lipinski definition) is 6. The zero-order chi connectivity index (χ0) is 25.9. The zero-order valence-electron chi connectivity index (χ0n) is 20.0. The smallest absolute Gasteiger partial charge is 0.336 e. The lowest BCUT2D eigenvalue weighted by Gasteiger charge is -2.24. The fourth-order valence-electron chi connectivity index (χ4n) is 3.39. The van der Waals surface area contributed by atoms with Crippen LogP contribution >= 0.6 is 23.2 Å². The minimum atomic E-state index is -1.57. The predicted molar refractivity (Wildman–Crippen MR) is 134 cm³/mol. The molecule has 0 aliphatic rings. The molecule has 186 valence electrons. The number of ether oxygens (including phenoxy) is 2. The third-order valence-corrected chi connectivity index (χ3v) is 5.66. The molecule has 0 fully saturated rings. The van der Waals surface area contributed by atoms with E-state index < -0.39 is 22.9 Å². The Bertz CT molecular complexity index is 1420. The fourth-order valence-corrected chi connectivity index (χ4v) is 3.73. The Morgan fingerprint density at radius 3 is 2.34 bits per heavy atom. The molecular formula is C24H26Cl2N4O5. The third-order valence-electron chi connectivity index (χ3n) is 5.11. The van der Waals surface area contributed by atoms with E-state index in [0.717, 1.165) is 10.1 Å². The van der Waals surface area contributed by atoms with Crippen molar-refractivity contribution < 1.29 is 14.3 Å². The molecule has 0 atom stereocenters. The van der Waals surface area contributed by atoms with Crippen molar-refractivity contribution in [2.75, 3.05) is 7.11 Å². The summed E-state index contributed by atoms with van der Waals surface area (Å²) >= 11 is 12.3. The highest BCUT2D eigenvalue weighted by Crippen LogP contribution is 2.29. The molecule has 2 aromatic carbocycles. The largest absolute Gasteiger partial charge is 0.489 e. The summed E-state index contributed by atoms with van der Waals surface area (Å²) in [4.78, 5) is 45.9. The maximum absolute atomic E-state index is 13.5. The number of benzene rings is 2. The van der Waals surface area contributed by atoms with Gasteiger partial charge in [-0.3, -0.25) is 9.55 Å². The van der Waals surface area contributed by atoms with E-state index in [0.29, 0.717) is 21.5 Å². The maximum Gasteiger partial charge on any atom is 0.336 e. The molecule has 0 amide bonds. The van der Waals surface area contributed by atoms with Gasteiger partial charge in [-0.25, -0.2) is 23.9 Å². The molecule has 0 radical (unpaired) electrons. The van der Waals surface area contributed by atoms with Crippen molar-refractivity contribution >= 4 is 34.9 Å². The number of hydrogen-bond donors (Lipinski definition) is 1. The number of aromatic amines is 1. The molecule has 0 spiro atoms. The molecule has 35 heavy (non-hydrogen) atoms. The Kier molecular flexibility index (Phi) is 7.92. The lowest BCUT2D eigenvalue weighted by molar-refractivity contribution is -0.149. The van der Waals surface area contributed by atoms with E-state index in [1.54, 1.807) is 42.5 Å². The van der Waals surface area contributed by atoms with E-state index in [4.69, 9.17) is 32.7 Å². The number of aromatic nitrogens is 3. The van der Waals surface area contributed by atoms with Crippen LogP contribution < -0.4 is 21.7 Å². The highest BCUT2D eigenvalue weighted by atomic mass is 35.5. The van der Waals surface area contributed by atoms with E-state index in [-0.39, 0.29) is 18.3 Å². The molecule has 0 aliphatic carbocycles. The standard InChI is InChI=1S/C24H26Cl2N4O5/c1-14(2)35-19-11-10-17(12-18(19)26)27-21-28-22(32)30(24(3,4)20(31)34-5)23(33)29(21)13-15-6-8-16(25)9-7-15/h6-12,14H,13H2,1-5H3,(H,27,28,32). The van der Waals surface area contributed by atoms with Crippen LogP contribution in [0.3, 0.4) is 0 Å². The molecule has 9 nitrogen and oxygen atoms in total. The Morgan fingerprint density at radius 1 is 1.11 bits per heavy atom. The number of methoxy groups -OCH3 is 1. The van der Waals surface area contributed by atoms with E-state index in [1.165, 1.54) is 25.5 Å². The Hall–Kier alpha value is -3.30. The first-order valence-electron chi connectivity index (χ1n) is 10.7. The molecule has 0 saturated heterocycles. The van der Waals surface area contributed by atoms with Crippen molar-refractivity contribution in [3.8, 4) is 5.75 Å². The Balaban J connectivity index is 2.25. The summed E-state index contributed by atoms with van der Waals surface area (Å²) in [7, 11) is 1.19. The highest BCUT2D eigenvalue weighted by Gasteiger charge is 2.35.